The van der Waals surface area contributed by atoms with Crippen LogP contribution in [0, 0.1) is 6.92 Å². The summed E-state index contributed by atoms with van der Waals surface area (Å²) in [5, 5.41) is 5.27. The van der Waals surface area contributed by atoms with E-state index in [1.54, 1.807) is 0 Å². The van der Waals surface area contributed by atoms with E-state index in [1.165, 1.54) is 5.56 Å². The second-order valence-corrected chi connectivity index (χ2v) is 7.20. The number of fused-ring (bicyclic) bond motifs is 1. The van der Waals surface area contributed by atoms with Crippen molar-refractivity contribution in [1.82, 2.24) is 9.78 Å². The summed E-state index contributed by atoms with van der Waals surface area (Å²) in [6, 6.07) is 14.2. The van der Waals surface area contributed by atoms with E-state index in [0.717, 1.165) is 33.2 Å². The van der Waals surface area contributed by atoms with Gasteiger partial charge in [0.05, 0.1) is 23.3 Å². The molecule has 0 saturated heterocycles. The highest BCUT2D eigenvalue weighted by Gasteiger charge is 2.36. The predicted molar refractivity (Wildman–Crippen MR) is 99.0 cm³/mol. The van der Waals surface area contributed by atoms with E-state index >= 15 is 0 Å². The number of aliphatic imine (C=N–C) groups is 1. The van der Waals surface area contributed by atoms with Gasteiger partial charge in [0.15, 0.2) is 0 Å². The van der Waals surface area contributed by atoms with E-state index in [2.05, 4.69) is 44.1 Å². The van der Waals surface area contributed by atoms with E-state index in [4.69, 9.17) is 16.6 Å². The van der Waals surface area contributed by atoms with E-state index in [-0.39, 0.29) is 5.41 Å². The summed E-state index contributed by atoms with van der Waals surface area (Å²) in [5.74, 6) is 0. The Balaban J connectivity index is 1.76. The van der Waals surface area contributed by atoms with Crippen LogP contribution < -0.4 is 0 Å². The van der Waals surface area contributed by atoms with E-state index in [1.807, 2.05) is 41.3 Å². The lowest BCUT2D eigenvalue weighted by Crippen LogP contribution is -2.26. The molecular formula is C20H18ClN3. The Morgan fingerprint density at radius 2 is 1.92 bits per heavy atom. The molecule has 0 N–H and O–H groups in total. The SMILES string of the molecule is Cc1cccc(-n2cc(C3=Nc4ccc(Cl)cc4C3(C)C)cn2)c1. The quantitative estimate of drug-likeness (QED) is 0.629. The Labute approximate surface area is 146 Å². The first-order chi connectivity index (χ1) is 11.4. The zero-order valence-corrected chi connectivity index (χ0v) is 14.7. The lowest BCUT2D eigenvalue weighted by atomic mass is 9.80. The minimum atomic E-state index is -0.194. The lowest BCUT2D eigenvalue weighted by molar-refractivity contribution is 0.737. The van der Waals surface area contributed by atoms with Crippen LogP contribution in [0.4, 0.5) is 5.69 Å². The van der Waals surface area contributed by atoms with Gasteiger partial charge < -0.3 is 0 Å². The van der Waals surface area contributed by atoms with Crippen molar-refractivity contribution < 1.29 is 0 Å². The Bertz CT molecular complexity index is 967. The number of benzene rings is 2. The fourth-order valence-corrected chi connectivity index (χ4v) is 3.45. The Kier molecular flexibility index (Phi) is 3.36. The first-order valence-electron chi connectivity index (χ1n) is 7.96. The minimum Gasteiger partial charge on any atom is -0.251 e. The van der Waals surface area contributed by atoms with Crippen molar-refractivity contribution in [3.63, 3.8) is 0 Å². The molecule has 0 amide bonds. The van der Waals surface area contributed by atoms with Gasteiger partial charge in [-0.3, -0.25) is 4.99 Å². The lowest BCUT2D eigenvalue weighted by Gasteiger charge is -2.21. The van der Waals surface area contributed by atoms with Crippen molar-refractivity contribution in [3.8, 4) is 5.69 Å². The number of rotatable bonds is 2. The van der Waals surface area contributed by atoms with E-state index in [0.29, 0.717) is 0 Å². The summed E-state index contributed by atoms with van der Waals surface area (Å²) in [5.41, 5.74) is 6.28. The molecule has 1 aliphatic rings. The third kappa shape index (κ3) is 2.36. The average molecular weight is 336 g/mol. The summed E-state index contributed by atoms with van der Waals surface area (Å²) in [6.45, 7) is 6.44. The number of hydrogen-bond donors (Lipinski definition) is 0. The highest BCUT2D eigenvalue weighted by atomic mass is 35.5. The largest absolute Gasteiger partial charge is 0.251 e. The highest BCUT2D eigenvalue weighted by molar-refractivity contribution is 6.31. The molecule has 3 nitrogen and oxygen atoms in total. The second kappa shape index (κ2) is 5.32. The topological polar surface area (TPSA) is 30.2 Å². The smallest absolute Gasteiger partial charge is 0.0676 e. The van der Waals surface area contributed by atoms with Gasteiger partial charge in [-0.15, -0.1) is 0 Å². The monoisotopic (exact) mass is 335 g/mol. The fraction of sp³-hybridized carbons (Fsp3) is 0.200. The number of aromatic nitrogens is 2. The predicted octanol–water partition coefficient (Wildman–Crippen LogP) is 5.25. The summed E-state index contributed by atoms with van der Waals surface area (Å²) in [4.78, 5) is 4.84. The molecule has 24 heavy (non-hydrogen) atoms. The molecule has 0 fully saturated rings. The molecule has 1 aromatic heterocycles. The molecule has 2 heterocycles. The van der Waals surface area contributed by atoms with E-state index < -0.39 is 0 Å². The highest BCUT2D eigenvalue weighted by Crippen LogP contribution is 2.43. The molecule has 4 rings (SSSR count). The fourth-order valence-electron chi connectivity index (χ4n) is 3.28. The van der Waals surface area contributed by atoms with Crippen molar-refractivity contribution in [2.24, 2.45) is 4.99 Å². The Hall–Kier alpha value is -2.39. The van der Waals surface area contributed by atoms with Gasteiger partial charge in [0.2, 0.25) is 0 Å². The van der Waals surface area contributed by atoms with Crippen LogP contribution in [0.25, 0.3) is 5.69 Å². The number of halogens is 1. The second-order valence-electron chi connectivity index (χ2n) is 6.76. The molecule has 0 spiro atoms. The van der Waals surface area contributed by atoms with Crippen LogP contribution in [0.1, 0.15) is 30.5 Å². The Morgan fingerprint density at radius 3 is 2.71 bits per heavy atom. The zero-order valence-electron chi connectivity index (χ0n) is 13.9. The Morgan fingerprint density at radius 1 is 1.08 bits per heavy atom. The maximum Gasteiger partial charge on any atom is 0.0676 e. The summed E-state index contributed by atoms with van der Waals surface area (Å²) >= 11 is 6.18. The molecule has 0 atom stereocenters. The molecule has 0 radical (unpaired) electrons. The standard InChI is InChI=1S/C20H18ClN3/c1-13-5-4-6-16(9-13)24-12-14(11-22-24)19-20(2,3)17-10-15(21)7-8-18(17)23-19/h4-12H,1-3H3. The van der Waals surface area contributed by atoms with Gasteiger partial charge in [0, 0.05) is 22.2 Å². The van der Waals surface area contributed by atoms with Gasteiger partial charge in [0.1, 0.15) is 0 Å². The molecular weight excluding hydrogens is 318 g/mol. The zero-order chi connectivity index (χ0) is 16.9. The maximum absolute atomic E-state index is 6.18. The molecule has 2 aromatic carbocycles. The number of hydrogen-bond acceptors (Lipinski definition) is 2. The molecule has 120 valence electrons. The summed E-state index contributed by atoms with van der Waals surface area (Å²) in [7, 11) is 0. The molecule has 0 saturated carbocycles. The minimum absolute atomic E-state index is 0.194. The van der Waals surface area contributed by atoms with Gasteiger partial charge in [0.25, 0.3) is 0 Å². The molecule has 3 aromatic rings. The molecule has 4 heteroatoms. The van der Waals surface area contributed by atoms with Crippen molar-refractivity contribution in [2.75, 3.05) is 0 Å². The third-order valence-corrected chi connectivity index (χ3v) is 4.81. The van der Waals surface area contributed by atoms with Gasteiger partial charge in [-0.2, -0.15) is 5.10 Å². The molecule has 1 aliphatic heterocycles. The number of nitrogens with zero attached hydrogens (tertiary/aromatic N) is 3. The van der Waals surface area contributed by atoms with Crippen molar-refractivity contribution in [2.45, 2.75) is 26.2 Å². The van der Waals surface area contributed by atoms with Crippen LogP contribution in [0.3, 0.4) is 0 Å². The van der Waals surface area contributed by atoms with Crippen molar-refractivity contribution in [3.05, 3.63) is 76.6 Å². The van der Waals surface area contributed by atoms with Crippen LogP contribution in [-0.2, 0) is 5.41 Å². The average Bonchev–Trinajstić information content (AvgIpc) is 3.11. The molecule has 0 bridgehead atoms. The van der Waals surface area contributed by atoms with Crippen molar-refractivity contribution >= 4 is 23.0 Å². The van der Waals surface area contributed by atoms with E-state index in [9.17, 15) is 0 Å². The first kappa shape index (κ1) is 15.2. The first-order valence-corrected chi connectivity index (χ1v) is 8.34. The van der Waals surface area contributed by atoms with Gasteiger partial charge in [-0.1, -0.05) is 37.6 Å². The summed E-state index contributed by atoms with van der Waals surface area (Å²) < 4.78 is 1.90. The van der Waals surface area contributed by atoms with Crippen LogP contribution in [0.2, 0.25) is 5.02 Å². The van der Waals surface area contributed by atoms with Crippen LogP contribution in [0.5, 0.6) is 0 Å². The van der Waals surface area contributed by atoms with Gasteiger partial charge >= 0.3 is 0 Å². The van der Waals surface area contributed by atoms with Crippen LogP contribution in [-0.4, -0.2) is 15.5 Å². The van der Waals surface area contributed by atoms with Gasteiger partial charge in [-0.05, 0) is 48.4 Å². The molecule has 0 unspecified atom stereocenters. The number of aryl methyl sites for hydroxylation is 1. The van der Waals surface area contributed by atoms with Crippen LogP contribution >= 0.6 is 11.6 Å². The normalized spacial score (nSPS) is 15.2. The summed E-state index contributed by atoms with van der Waals surface area (Å²) in [6.07, 6.45) is 3.93. The van der Waals surface area contributed by atoms with Gasteiger partial charge in [-0.25, -0.2) is 4.68 Å². The maximum atomic E-state index is 6.18. The van der Waals surface area contributed by atoms with Crippen molar-refractivity contribution in [1.29, 1.82) is 0 Å². The third-order valence-electron chi connectivity index (χ3n) is 4.58. The van der Waals surface area contributed by atoms with Crippen LogP contribution in [0.15, 0.2) is 59.9 Å². The molecule has 0 aliphatic carbocycles.